The molecular weight excluding hydrogens is 258 g/mol. The molecule has 0 aliphatic heterocycles. The van der Waals surface area contributed by atoms with Gasteiger partial charge in [0.2, 0.25) is 0 Å². The van der Waals surface area contributed by atoms with Crippen molar-refractivity contribution in [3.63, 3.8) is 0 Å². The van der Waals surface area contributed by atoms with Gasteiger partial charge in [-0.05, 0) is 36.8 Å². The van der Waals surface area contributed by atoms with E-state index in [0.717, 1.165) is 5.56 Å². The van der Waals surface area contributed by atoms with Crippen molar-refractivity contribution in [3.05, 3.63) is 47.9 Å². The van der Waals surface area contributed by atoms with E-state index in [0.29, 0.717) is 11.5 Å². The van der Waals surface area contributed by atoms with Gasteiger partial charge in [-0.25, -0.2) is 0 Å². The van der Waals surface area contributed by atoms with Crippen molar-refractivity contribution < 1.29 is 18.7 Å². The maximum Gasteiger partial charge on any atom is 0.287 e. The van der Waals surface area contributed by atoms with Crippen LogP contribution in [0.3, 0.4) is 0 Å². The molecular formula is C15H17NO4. The van der Waals surface area contributed by atoms with Crippen molar-refractivity contribution in [2.45, 2.75) is 13.0 Å². The Morgan fingerprint density at radius 1 is 1.20 bits per heavy atom. The normalized spacial score (nSPS) is 11.8. The zero-order valence-corrected chi connectivity index (χ0v) is 11.7. The van der Waals surface area contributed by atoms with Gasteiger partial charge in [-0.2, -0.15) is 0 Å². The highest BCUT2D eigenvalue weighted by atomic mass is 16.5. The van der Waals surface area contributed by atoms with Crippen molar-refractivity contribution in [1.82, 2.24) is 5.32 Å². The minimum Gasteiger partial charge on any atom is -0.493 e. The molecule has 2 rings (SSSR count). The lowest BCUT2D eigenvalue weighted by Gasteiger charge is -2.15. The van der Waals surface area contributed by atoms with Gasteiger partial charge in [0.1, 0.15) is 0 Å². The summed E-state index contributed by atoms with van der Waals surface area (Å²) in [7, 11) is 3.16. The number of furan rings is 1. The third-order valence-corrected chi connectivity index (χ3v) is 3.00. The summed E-state index contributed by atoms with van der Waals surface area (Å²) in [5.74, 6) is 1.32. The van der Waals surface area contributed by atoms with Crippen LogP contribution in [0.5, 0.6) is 11.5 Å². The van der Waals surface area contributed by atoms with Gasteiger partial charge in [0.25, 0.3) is 5.91 Å². The molecule has 106 valence electrons. The van der Waals surface area contributed by atoms with Gasteiger partial charge in [0.15, 0.2) is 17.3 Å². The van der Waals surface area contributed by atoms with Gasteiger partial charge in [-0.1, -0.05) is 6.07 Å². The lowest BCUT2D eigenvalue weighted by atomic mass is 10.1. The average molecular weight is 275 g/mol. The van der Waals surface area contributed by atoms with Crippen LogP contribution in [0, 0.1) is 0 Å². The van der Waals surface area contributed by atoms with Crippen LogP contribution in [0.4, 0.5) is 0 Å². The van der Waals surface area contributed by atoms with Crippen molar-refractivity contribution in [2.24, 2.45) is 0 Å². The second kappa shape index (κ2) is 6.14. The molecule has 0 radical (unpaired) electrons. The van der Waals surface area contributed by atoms with E-state index in [4.69, 9.17) is 13.9 Å². The molecule has 0 spiro atoms. The third-order valence-electron chi connectivity index (χ3n) is 3.00. The molecule has 0 aliphatic carbocycles. The number of benzene rings is 1. The molecule has 0 saturated heterocycles. The third kappa shape index (κ3) is 2.93. The van der Waals surface area contributed by atoms with Gasteiger partial charge < -0.3 is 19.2 Å². The van der Waals surface area contributed by atoms with Crippen LogP contribution in [0.2, 0.25) is 0 Å². The van der Waals surface area contributed by atoms with E-state index in [2.05, 4.69) is 5.32 Å². The molecule has 1 aromatic carbocycles. The molecule has 1 atom stereocenters. The predicted octanol–water partition coefficient (Wildman–Crippen LogP) is 2.79. The quantitative estimate of drug-likeness (QED) is 0.911. The first-order valence-corrected chi connectivity index (χ1v) is 6.22. The molecule has 0 fully saturated rings. The van der Waals surface area contributed by atoms with Gasteiger partial charge in [0, 0.05) is 0 Å². The Labute approximate surface area is 117 Å². The minimum absolute atomic E-state index is 0.174. The second-order valence-corrected chi connectivity index (χ2v) is 4.29. The summed E-state index contributed by atoms with van der Waals surface area (Å²) >= 11 is 0. The molecule has 1 N–H and O–H groups in total. The lowest BCUT2D eigenvalue weighted by Crippen LogP contribution is -2.26. The standard InChI is InChI=1S/C15H17NO4/c1-10(16-15(17)13-5-4-8-20-13)11-6-7-12(18-2)14(9-11)19-3/h4-10H,1-3H3,(H,16,17)/t10-/m0/s1. The van der Waals surface area contributed by atoms with Crippen LogP contribution < -0.4 is 14.8 Å². The zero-order chi connectivity index (χ0) is 14.5. The highest BCUT2D eigenvalue weighted by Crippen LogP contribution is 2.29. The van der Waals surface area contributed by atoms with Crippen molar-refractivity contribution >= 4 is 5.91 Å². The maximum atomic E-state index is 11.9. The van der Waals surface area contributed by atoms with E-state index in [-0.39, 0.29) is 17.7 Å². The summed E-state index contributed by atoms with van der Waals surface area (Å²) in [6.07, 6.45) is 1.47. The number of ether oxygens (including phenoxy) is 2. The summed E-state index contributed by atoms with van der Waals surface area (Å²) < 4.78 is 15.5. The Hall–Kier alpha value is -2.43. The monoisotopic (exact) mass is 275 g/mol. The predicted molar refractivity (Wildman–Crippen MR) is 74.1 cm³/mol. The zero-order valence-electron chi connectivity index (χ0n) is 11.7. The summed E-state index contributed by atoms with van der Waals surface area (Å²) in [6.45, 7) is 1.89. The molecule has 0 saturated carbocycles. The van der Waals surface area contributed by atoms with Gasteiger partial charge >= 0.3 is 0 Å². The number of hydrogen-bond donors (Lipinski definition) is 1. The van der Waals surface area contributed by atoms with Gasteiger partial charge in [0.05, 0.1) is 26.5 Å². The fourth-order valence-electron chi connectivity index (χ4n) is 1.88. The number of rotatable bonds is 5. The fraction of sp³-hybridized carbons (Fsp3) is 0.267. The molecule has 0 aliphatic rings. The first-order valence-electron chi connectivity index (χ1n) is 6.22. The van der Waals surface area contributed by atoms with Crippen LogP contribution in [0.15, 0.2) is 41.0 Å². The van der Waals surface area contributed by atoms with Crippen molar-refractivity contribution in [2.75, 3.05) is 14.2 Å². The Balaban J connectivity index is 2.13. The molecule has 20 heavy (non-hydrogen) atoms. The highest BCUT2D eigenvalue weighted by molar-refractivity contribution is 5.91. The number of carbonyl (C=O) groups excluding carboxylic acids is 1. The second-order valence-electron chi connectivity index (χ2n) is 4.29. The first kappa shape index (κ1) is 14.0. The number of methoxy groups -OCH3 is 2. The molecule has 2 aromatic rings. The Morgan fingerprint density at radius 2 is 1.95 bits per heavy atom. The molecule has 0 bridgehead atoms. The molecule has 5 nitrogen and oxygen atoms in total. The topological polar surface area (TPSA) is 60.7 Å². The van der Waals surface area contributed by atoms with Crippen LogP contribution in [0.25, 0.3) is 0 Å². The van der Waals surface area contributed by atoms with E-state index in [1.165, 1.54) is 6.26 Å². The first-order chi connectivity index (χ1) is 9.65. The van der Waals surface area contributed by atoms with Crippen molar-refractivity contribution in [1.29, 1.82) is 0 Å². The highest BCUT2D eigenvalue weighted by Gasteiger charge is 2.15. The number of nitrogens with one attached hydrogen (secondary N) is 1. The Bertz CT molecular complexity index is 578. The van der Waals surface area contributed by atoms with Crippen LogP contribution in [-0.4, -0.2) is 20.1 Å². The Kier molecular flexibility index (Phi) is 4.30. The summed E-state index contributed by atoms with van der Waals surface area (Å²) in [5, 5.41) is 2.86. The average Bonchev–Trinajstić information content (AvgIpc) is 3.00. The SMILES string of the molecule is COc1ccc([C@H](C)NC(=O)c2ccco2)cc1OC. The number of hydrogen-bond acceptors (Lipinski definition) is 4. The molecule has 1 amide bonds. The largest absolute Gasteiger partial charge is 0.493 e. The van der Waals surface area contributed by atoms with Crippen LogP contribution in [0.1, 0.15) is 29.1 Å². The molecule has 0 unspecified atom stereocenters. The molecule has 5 heteroatoms. The van der Waals surface area contributed by atoms with Gasteiger partial charge in [-0.15, -0.1) is 0 Å². The van der Waals surface area contributed by atoms with E-state index in [1.807, 2.05) is 25.1 Å². The summed E-state index contributed by atoms with van der Waals surface area (Å²) in [6, 6.07) is 8.66. The Morgan fingerprint density at radius 3 is 2.55 bits per heavy atom. The van der Waals surface area contributed by atoms with Crippen LogP contribution in [-0.2, 0) is 0 Å². The van der Waals surface area contributed by atoms with E-state index < -0.39 is 0 Å². The van der Waals surface area contributed by atoms with E-state index in [1.54, 1.807) is 26.4 Å². The maximum absolute atomic E-state index is 11.9. The number of carbonyl (C=O) groups is 1. The van der Waals surface area contributed by atoms with E-state index in [9.17, 15) is 4.79 Å². The summed E-state index contributed by atoms with van der Waals surface area (Å²) in [4.78, 5) is 11.9. The number of amides is 1. The lowest BCUT2D eigenvalue weighted by molar-refractivity contribution is 0.0912. The fourth-order valence-corrected chi connectivity index (χ4v) is 1.88. The minimum atomic E-state index is -0.253. The van der Waals surface area contributed by atoms with Gasteiger partial charge in [-0.3, -0.25) is 4.79 Å². The molecule has 1 heterocycles. The summed E-state index contributed by atoms with van der Waals surface area (Å²) in [5.41, 5.74) is 0.919. The smallest absolute Gasteiger partial charge is 0.287 e. The van der Waals surface area contributed by atoms with Crippen molar-refractivity contribution in [3.8, 4) is 11.5 Å². The molecule has 1 aromatic heterocycles. The van der Waals surface area contributed by atoms with E-state index >= 15 is 0 Å². The van der Waals surface area contributed by atoms with Crippen LogP contribution >= 0.6 is 0 Å².